The molecule has 2 heterocycles. The van der Waals surface area contributed by atoms with Crippen molar-refractivity contribution in [3.63, 3.8) is 0 Å². The van der Waals surface area contributed by atoms with Gasteiger partial charge in [0.2, 0.25) is 11.8 Å². The molecule has 1 aromatic carbocycles. The number of rotatable bonds is 6. The molecule has 1 amide bonds. The van der Waals surface area contributed by atoms with Crippen molar-refractivity contribution in [1.82, 2.24) is 15.1 Å². The van der Waals surface area contributed by atoms with Gasteiger partial charge in [-0.1, -0.05) is 54.2 Å². The molecule has 3 rings (SSSR count). The molecule has 7 nitrogen and oxygen atoms in total. The van der Waals surface area contributed by atoms with Crippen molar-refractivity contribution in [3.8, 4) is 11.1 Å². The van der Waals surface area contributed by atoms with E-state index in [0.717, 1.165) is 17.3 Å². The first kappa shape index (κ1) is 17.0. The van der Waals surface area contributed by atoms with Crippen molar-refractivity contribution in [3.05, 3.63) is 58.6 Å². The van der Waals surface area contributed by atoms with E-state index in [2.05, 4.69) is 20.4 Å². The van der Waals surface area contributed by atoms with E-state index in [-0.39, 0.29) is 17.2 Å². The molecule has 0 aliphatic rings. The summed E-state index contributed by atoms with van der Waals surface area (Å²) < 4.78 is 5.13. The Morgan fingerprint density at radius 1 is 1.32 bits per heavy atom. The first-order valence-electron chi connectivity index (χ1n) is 7.68. The van der Waals surface area contributed by atoms with Gasteiger partial charge < -0.3 is 9.51 Å². The molecule has 3 aromatic rings. The third-order valence-corrected chi connectivity index (χ3v) is 4.26. The Labute approximate surface area is 147 Å². The lowest BCUT2D eigenvalue weighted by atomic mass is 10.1. The number of nitrogens with one attached hydrogen (secondary N) is 2. The molecule has 0 fully saturated rings. The van der Waals surface area contributed by atoms with Gasteiger partial charge in [-0.2, -0.15) is 0 Å². The topological polar surface area (TPSA) is 101 Å². The predicted molar refractivity (Wildman–Crippen MR) is 95.5 cm³/mol. The van der Waals surface area contributed by atoms with Crippen LogP contribution in [0.5, 0.6) is 0 Å². The van der Waals surface area contributed by atoms with Crippen LogP contribution in [0.25, 0.3) is 11.1 Å². The van der Waals surface area contributed by atoms with Gasteiger partial charge in [-0.15, -0.1) is 0 Å². The number of hydrogen-bond donors (Lipinski definition) is 2. The van der Waals surface area contributed by atoms with E-state index in [4.69, 9.17) is 4.52 Å². The number of carbonyl (C=O) groups is 1. The van der Waals surface area contributed by atoms with E-state index in [0.29, 0.717) is 28.7 Å². The van der Waals surface area contributed by atoms with Crippen molar-refractivity contribution in [2.75, 3.05) is 11.1 Å². The van der Waals surface area contributed by atoms with Crippen molar-refractivity contribution < 1.29 is 9.32 Å². The van der Waals surface area contributed by atoms with Crippen molar-refractivity contribution in [2.45, 2.75) is 18.5 Å². The number of amides is 1. The zero-order valence-corrected chi connectivity index (χ0v) is 14.3. The fourth-order valence-corrected chi connectivity index (χ4v) is 2.88. The molecule has 2 aromatic heterocycles. The molecule has 0 aliphatic carbocycles. The van der Waals surface area contributed by atoms with Crippen LogP contribution in [0.1, 0.15) is 12.6 Å². The third-order valence-electron chi connectivity index (χ3n) is 3.38. The molecule has 2 N–H and O–H groups in total. The minimum Gasteiger partial charge on any atom is -0.338 e. The fraction of sp³-hybridized carbons (Fsp3) is 0.176. The Morgan fingerprint density at radius 2 is 2.12 bits per heavy atom. The Kier molecular flexibility index (Phi) is 5.30. The second-order valence-electron chi connectivity index (χ2n) is 5.17. The van der Waals surface area contributed by atoms with Gasteiger partial charge in [-0.25, -0.2) is 4.98 Å². The monoisotopic (exact) mass is 356 g/mol. The summed E-state index contributed by atoms with van der Waals surface area (Å²) in [6, 6.07) is 11.0. The van der Waals surface area contributed by atoms with Crippen LogP contribution in [0.2, 0.25) is 0 Å². The lowest BCUT2D eigenvalue weighted by molar-refractivity contribution is -0.113. The second kappa shape index (κ2) is 7.80. The maximum Gasteiger partial charge on any atom is 0.251 e. The van der Waals surface area contributed by atoms with Crippen LogP contribution >= 0.6 is 11.8 Å². The number of H-pyrrole nitrogens is 1. The predicted octanol–water partition coefficient (Wildman–Crippen LogP) is 2.72. The summed E-state index contributed by atoms with van der Waals surface area (Å²) in [4.78, 5) is 30.6. The van der Waals surface area contributed by atoms with Crippen molar-refractivity contribution >= 4 is 23.6 Å². The summed E-state index contributed by atoms with van der Waals surface area (Å²) in [5, 5.41) is 6.86. The average molecular weight is 356 g/mol. The molecule has 0 saturated heterocycles. The number of hydrogen-bond acceptors (Lipinski definition) is 6. The first-order chi connectivity index (χ1) is 12.2. The van der Waals surface area contributed by atoms with Gasteiger partial charge >= 0.3 is 0 Å². The minimum absolute atomic E-state index is 0.0883. The van der Waals surface area contributed by atoms with Gasteiger partial charge in [-0.05, 0) is 12.0 Å². The Bertz CT molecular complexity index is 921. The summed E-state index contributed by atoms with van der Waals surface area (Å²) in [6.45, 7) is 1.91. The van der Waals surface area contributed by atoms with Gasteiger partial charge in [0.05, 0.1) is 17.5 Å². The van der Waals surface area contributed by atoms with E-state index in [9.17, 15) is 9.59 Å². The first-order valence-corrected chi connectivity index (χ1v) is 8.67. The molecular formula is C17H16N4O3S. The van der Waals surface area contributed by atoms with Crippen molar-refractivity contribution in [1.29, 1.82) is 0 Å². The van der Waals surface area contributed by atoms with Gasteiger partial charge in [0.25, 0.3) is 5.56 Å². The number of carbonyl (C=O) groups excluding carboxylic acids is 1. The lowest BCUT2D eigenvalue weighted by Crippen LogP contribution is -2.16. The molecule has 25 heavy (non-hydrogen) atoms. The maximum absolute atomic E-state index is 12.2. The highest BCUT2D eigenvalue weighted by Gasteiger charge is 2.14. The smallest absolute Gasteiger partial charge is 0.251 e. The second-order valence-corrected chi connectivity index (χ2v) is 6.13. The molecule has 0 radical (unpaired) electrons. The maximum atomic E-state index is 12.2. The standard InChI is InChI=1S/C17H16N4O3S/c1-2-12-8-14(22)21-17(19-12)25-10-15(23)20-16-13(9-18-24-16)11-6-4-3-5-7-11/h3-9H,2,10H2,1H3,(H,20,23)(H,19,21,22). The number of nitrogens with zero attached hydrogens (tertiary/aromatic N) is 2. The van der Waals surface area contributed by atoms with Gasteiger partial charge in [0.15, 0.2) is 5.16 Å². The summed E-state index contributed by atoms with van der Waals surface area (Å²) >= 11 is 1.15. The number of benzene rings is 1. The molecule has 0 spiro atoms. The molecular weight excluding hydrogens is 340 g/mol. The Morgan fingerprint density at radius 3 is 2.88 bits per heavy atom. The zero-order valence-electron chi connectivity index (χ0n) is 13.5. The molecule has 0 saturated carbocycles. The molecule has 0 aliphatic heterocycles. The summed E-state index contributed by atoms with van der Waals surface area (Å²) in [7, 11) is 0. The van der Waals surface area contributed by atoms with Crippen LogP contribution in [-0.4, -0.2) is 26.8 Å². The minimum atomic E-state index is -0.275. The van der Waals surface area contributed by atoms with Gasteiger partial charge in [0, 0.05) is 11.8 Å². The zero-order chi connectivity index (χ0) is 17.6. The highest BCUT2D eigenvalue weighted by molar-refractivity contribution is 7.99. The Hall–Kier alpha value is -2.87. The van der Waals surface area contributed by atoms with Crippen LogP contribution in [0.15, 0.2) is 57.1 Å². The summed E-state index contributed by atoms with van der Waals surface area (Å²) in [6.07, 6.45) is 2.21. The van der Waals surface area contributed by atoms with E-state index < -0.39 is 0 Å². The number of anilines is 1. The molecule has 0 atom stereocenters. The fourth-order valence-electron chi connectivity index (χ4n) is 2.18. The normalized spacial score (nSPS) is 10.6. The van der Waals surface area contributed by atoms with E-state index >= 15 is 0 Å². The number of aryl methyl sites for hydroxylation is 1. The van der Waals surface area contributed by atoms with E-state index in [1.165, 1.54) is 6.07 Å². The molecule has 0 unspecified atom stereocenters. The van der Waals surface area contributed by atoms with Gasteiger partial charge in [-0.3, -0.25) is 14.9 Å². The molecule has 8 heteroatoms. The number of thioether (sulfide) groups is 1. The summed E-state index contributed by atoms with van der Waals surface area (Å²) in [5.74, 6) is 0.106. The van der Waals surface area contributed by atoms with E-state index in [1.54, 1.807) is 6.20 Å². The number of aromatic nitrogens is 3. The SMILES string of the molecule is CCc1cc(=O)[nH]c(SCC(=O)Nc2oncc2-c2ccccc2)n1. The summed E-state index contributed by atoms with van der Waals surface area (Å²) in [5.41, 5.74) is 2.07. The van der Waals surface area contributed by atoms with Gasteiger partial charge in [0.1, 0.15) is 0 Å². The van der Waals surface area contributed by atoms with Crippen molar-refractivity contribution in [2.24, 2.45) is 0 Å². The van der Waals surface area contributed by atoms with Crippen LogP contribution in [-0.2, 0) is 11.2 Å². The van der Waals surface area contributed by atoms with Crippen LogP contribution < -0.4 is 10.9 Å². The third kappa shape index (κ3) is 4.36. The van der Waals surface area contributed by atoms with Crippen LogP contribution in [0.3, 0.4) is 0 Å². The van der Waals surface area contributed by atoms with E-state index in [1.807, 2.05) is 37.3 Å². The average Bonchev–Trinajstić information content (AvgIpc) is 3.08. The molecule has 0 bridgehead atoms. The lowest BCUT2D eigenvalue weighted by Gasteiger charge is -2.05. The number of aromatic amines is 1. The molecule has 128 valence electrons. The van der Waals surface area contributed by atoms with Crippen LogP contribution in [0.4, 0.5) is 5.88 Å². The quantitative estimate of drug-likeness (QED) is 0.520. The Balaban J connectivity index is 1.65. The highest BCUT2D eigenvalue weighted by Crippen LogP contribution is 2.27. The van der Waals surface area contributed by atoms with Crippen LogP contribution in [0, 0.1) is 0 Å². The highest BCUT2D eigenvalue weighted by atomic mass is 32.2. The largest absolute Gasteiger partial charge is 0.338 e.